The van der Waals surface area contributed by atoms with Gasteiger partial charge in [-0.25, -0.2) is 4.79 Å². The normalized spacial score (nSPS) is 21.6. The maximum absolute atomic E-state index is 12.8. The van der Waals surface area contributed by atoms with Crippen molar-refractivity contribution < 1.29 is 19.1 Å². The second-order valence-corrected chi connectivity index (χ2v) is 7.05. The average molecular weight is 347 g/mol. The van der Waals surface area contributed by atoms with Crippen LogP contribution in [-0.2, 0) is 4.74 Å². The van der Waals surface area contributed by atoms with E-state index < -0.39 is 0 Å². The molecule has 0 spiro atoms. The molecule has 2 fully saturated rings. The molecule has 7 heteroatoms. The highest BCUT2D eigenvalue weighted by molar-refractivity contribution is 6.02. The number of carbonyl (C=O) groups is 3. The highest BCUT2D eigenvalue weighted by atomic mass is 16.6. The molecule has 136 valence electrons. The Labute approximate surface area is 147 Å². The number of aryl methyl sites for hydroxylation is 1. The zero-order valence-electron chi connectivity index (χ0n) is 15.2. The molecule has 2 saturated heterocycles. The van der Waals surface area contributed by atoms with Crippen molar-refractivity contribution in [2.75, 3.05) is 19.6 Å². The number of rotatable bonds is 3. The minimum absolute atomic E-state index is 0.0364. The molecule has 0 bridgehead atoms. The van der Waals surface area contributed by atoms with Crippen LogP contribution in [0.25, 0.3) is 0 Å². The van der Waals surface area contributed by atoms with Gasteiger partial charge in [-0.1, -0.05) is 0 Å². The van der Waals surface area contributed by atoms with Gasteiger partial charge in [0.05, 0.1) is 6.54 Å². The predicted octanol–water partition coefficient (Wildman–Crippen LogP) is 2.28. The van der Waals surface area contributed by atoms with Crippen LogP contribution in [0.1, 0.15) is 58.8 Å². The number of H-pyrrole nitrogens is 1. The van der Waals surface area contributed by atoms with E-state index in [0.29, 0.717) is 36.5 Å². The molecular formula is C18H25N3O4. The van der Waals surface area contributed by atoms with Gasteiger partial charge in [-0.3, -0.25) is 9.59 Å². The first kappa shape index (κ1) is 17.5. The number of aromatic amines is 1. The standard InChI is InChI=1S/C18H25N3O4/c1-10-9-21(18(24)25-10)14-5-7-20(8-6-14)17(23)16-11(2)15(13(4)22)12(3)19-16/h10,14,19H,5-9H2,1-4H3. The highest BCUT2D eigenvalue weighted by Crippen LogP contribution is 2.25. The molecule has 1 aromatic heterocycles. The molecular weight excluding hydrogens is 322 g/mol. The Balaban J connectivity index is 1.67. The molecule has 1 atom stereocenters. The number of hydrogen-bond acceptors (Lipinski definition) is 4. The third-order valence-corrected chi connectivity index (χ3v) is 5.19. The van der Waals surface area contributed by atoms with Gasteiger partial charge in [0.15, 0.2) is 5.78 Å². The fourth-order valence-corrected chi connectivity index (χ4v) is 3.96. The number of carbonyl (C=O) groups excluding carboxylic acids is 3. The molecule has 1 unspecified atom stereocenters. The molecule has 0 saturated carbocycles. The van der Waals surface area contributed by atoms with E-state index in [1.165, 1.54) is 6.92 Å². The van der Waals surface area contributed by atoms with Crippen molar-refractivity contribution in [2.45, 2.75) is 52.7 Å². The second-order valence-electron chi connectivity index (χ2n) is 7.05. The summed E-state index contributed by atoms with van der Waals surface area (Å²) in [6.45, 7) is 8.82. The first-order valence-corrected chi connectivity index (χ1v) is 8.76. The number of ether oxygens (including phenoxy) is 1. The van der Waals surface area contributed by atoms with Crippen LogP contribution >= 0.6 is 0 Å². The van der Waals surface area contributed by atoms with E-state index >= 15 is 0 Å². The summed E-state index contributed by atoms with van der Waals surface area (Å²) in [7, 11) is 0. The largest absolute Gasteiger partial charge is 0.444 e. The smallest absolute Gasteiger partial charge is 0.410 e. The Morgan fingerprint density at radius 1 is 1.20 bits per heavy atom. The van der Waals surface area contributed by atoms with Crippen LogP contribution < -0.4 is 0 Å². The summed E-state index contributed by atoms with van der Waals surface area (Å²) >= 11 is 0. The molecule has 3 heterocycles. The number of hydrogen-bond donors (Lipinski definition) is 1. The van der Waals surface area contributed by atoms with E-state index in [9.17, 15) is 14.4 Å². The van der Waals surface area contributed by atoms with Crippen LogP contribution in [0.15, 0.2) is 0 Å². The Kier molecular flexibility index (Phi) is 4.58. The molecule has 0 aromatic carbocycles. The predicted molar refractivity (Wildman–Crippen MR) is 91.8 cm³/mol. The number of Topliss-reactive ketones (excluding diaryl/α,β-unsaturated/α-hetero) is 1. The number of cyclic esters (lactones) is 1. The summed E-state index contributed by atoms with van der Waals surface area (Å²) in [5.41, 5.74) is 2.55. The summed E-state index contributed by atoms with van der Waals surface area (Å²) in [4.78, 5) is 43.1. The van der Waals surface area contributed by atoms with Gasteiger partial charge >= 0.3 is 6.09 Å². The van der Waals surface area contributed by atoms with Gasteiger partial charge in [-0.15, -0.1) is 0 Å². The van der Waals surface area contributed by atoms with Crippen LogP contribution in [0.2, 0.25) is 0 Å². The van der Waals surface area contributed by atoms with E-state index in [-0.39, 0.29) is 29.9 Å². The molecule has 25 heavy (non-hydrogen) atoms. The first-order chi connectivity index (χ1) is 11.8. The van der Waals surface area contributed by atoms with E-state index in [1.807, 2.05) is 20.8 Å². The molecule has 1 N–H and O–H groups in total. The van der Waals surface area contributed by atoms with Gasteiger partial charge in [0.2, 0.25) is 0 Å². The number of nitrogens with zero attached hydrogens (tertiary/aromatic N) is 2. The number of aromatic nitrogens is 1. The second kappa shape index (κ2) is 6.54. The monoisotopic (exact) mass is 347 g/mol. The third-order valence-electron chi connectivity index (χ3n) is 5.19. The van der Waals surface area contributed by atoms with Crippen molar-refractivity contribution in [1.82, 2.24) is 14.8 Å². The van der Waals surface area contributed by atoms with Gasteiger partial charge in [0.25, 0.3) is 5.91 Å². The summed E-state index contributed by atoms with van der Waals surface area (Å²) in [6, 6.07) is 0.126. The van der Waals surface area contributed by atoms with E-state index in [1.54, 1.807) is 9.80 Å². The van der Waals surface area contributed by atoms with Gasteiger partial charge in [-0.2, -0.15) is 0 Å². The number of likely N-dealkylation sites (tertiary alicyclic amines) is 1. The Hall–Kier alpha value is -2.31. The molecule has 2 aliphatic rings. The maximum Gasteiger partial charge on any atom is 0.410 e. The third kappa shape index (κ3) is 3.15. The lowest BCUT2D eigenvalue weighted by atomic mass is 10.0. The molecule has 2 aliphatic heterocycles. The fraction of sp³-hybridized carbons (Fsp3) is 0.611. The number of piperidine rings is 1. The number of ketones is 1. The quantitative estimate of drug-likeness (QED) is 0.851. The zero-order chi connectivity index (χ0) is 18.3. The lowest BCUT2D eigenvalue weighted by Gasteiger charge is -2.35. The summed E-state index contributed by atoms with van der Waals surface area (Å²) < 4.78 is 5.19. The van der Waals surface area contributed by atoms with Crippen LogP contribution in [-0.4, -0.2) is 64.3 Å². The summed E-state index contributed by atoms with van der Waals surface area (Å²) in [5, 5.41) is 0. The number of nitrogens with one attached hydrogen (secondary N) is 1. The number of amides is 2. The summed E-state index contributed by atoms with van der Waals surface area (Å²) in [6.07, 6.45) is 1.17. The summed E-state index contributed by atoms with van der Waals surface area (Å²) in [5.74, 6) is -0.116. The Morgan fingerprint density at radius 3 is 2.32 bits per heavy atom. The SMILES string of the molecule is CC(=O)c1c(C)[nH]c(C(=O)N2CCC(N3CC(C)OC3=O)CC2)c1C. The van der Waals surface area contributed by atoms with Gasteiger partial charge in [0.1, 0.15) is 11.8 Å². The van der Waals surface area contributed by atoms with Crippen LogP contribution in [0.3, 0.4) is 0 Å². The van der Waals surface area contributed by atoms with Gasteiger partial charge in [-0.05, 0) is 46.1 Å². The zero-order valence-corrected chi connectivity index (χ0v) is 15.2. The first-order valence-electron chi connectivity index (χ1n) is 8.76. The highest BCUT2D eigenvalue weighted by Gasteiger charge is 2.36. The van der Waals surface area contributed by atoms with Crippen molar-refractivity contribution in [3.05, 3.63) is 22.5 Å². The van der Waals surface area contributed by atoms with Crippen molar-refractivity contribution in [2.24, 2.45) is 0 Å². The molecule has 2 amide bonds. The average Bonchev–Trinajstić information content (AvgIpc) is 3.05. The van der Waals surface area contributed by atoms with E-state index in [4.69, 9.17) is 4.74 Å². The van der Waals surface area contributed by atoms with Crippen LogP contribution in [0.4, 0.5) is 4.79 Å². The van der Waals surface area contributed by atoms with Gasteiger partial charge < -0.3 is 19.5 Å². The van der Waals surface area contributed by atoms with E-state index in [0.717, 1.165) is 18.5 Å². The lowest BCUT2D eigenvalue weighted by molar-refractivity contribution is 0.0652. The van der Waals surface area contributed by atoms with Crippen molar-refractivity contribution >= 4 is 17.8 Å². The molecule has 0 radical (unpaired) electrons. The maximum atomic E-state index is 12.8. The van der Waals surface area contributed by atoms with Crippen molar-refractivity contribution in [3.63, 3.8) is 0 Å². The minimum Gasteiger partial charge on any atom is -0.444 e. The van der Waals surface area contributed by atoms with Crippen LogP contribution in [0.5, 0.6) is 0 Å². The van der Waals surface area contributed by atoms with Crippen LogP contribution in [0, 0.1) is 13.8 Å². The molecule has 7 nitrogen and oxygen atoms in total. The molecule has 0 aliphatic carbocycles. The van der Waals surface area contributed by atoms with Gasteiger partial charge in [0, 0.05) is 30.4 Å². The van der Waals surface area contributed by atoms with Crippen molar-refractivity contribution in [3.8, 4) is 0 Å². The molecule has 1 aromatic rings. The fourth-order valence-electron chi connectivity index (χ4n) is 3.96. The molecule has 3 rings (SSSR count). The Morgan fingerprint density at radius 2 is 1.84 bits per heavy atom. The minimum atomic E-state index is -0.251. The Bertz CT molecular complexity index is 716. The van der Waals surface area contributed by atoms with E-state index in [2.05, 4.69) is 4.98 Å². The van der Waals surface area contributed by atoms with Crippen molar-refractivity contribution in [1.29, 1.82) is 0 Å². The lowest BCUT2D eigenvalue weighted by Crippen LogP contribution is -2.47. The topological polar surface area (TPSA) is 82.7 Å².